The molecule has 0 heterocycles. The van der Waals surface area contributed by atoms with Gasteiger partial charge in [0.05, 0.1) is 0 Å². The molecule has 0 spiro atoms. The lowest BCUT2D eigenvalue weighted by Crippen LogP contribution is -2.54. The fourth-order valence-corrected chi connectivity index (χ4v) is 5.06. The zero-order valence-corrected chi connectivity index (χ0v) is 29.5. The number of aryl methyl sites for hydroxylation is 1. The second-order valence-corrected chi connectivity index (χ2v) is 13.9. The molecule has 9 heteroatoms. The lowest BCUT2D eigenvalue weighted by molar-refractivity contribution is -0.159. The molecule has 46 heavy (non-hydrogen) atoms. The molecule has 3 amide bonds. The average molecular weight is 638 g/mol. The lowest BCUT2D eigenvalue weighted by atomic mass is 9.94. The Morgan fingerprint density at radius 1 is 0.804 bits per heavy atom. The van der Waals surface area contributed by atoms with E-state index < -0.39 is 53.2 Å². The van der Waals surface area contributed by atoms with E-state index in [1.807, 2.05) is 62.4 Å². The topological polar surface area (TPSA) is 114 Å². The molecule has 0 aliphatic carbocycles. The molecule has 0 fully saturated rings. The summed E-state index contributed by atoms with van der Waals surface area (Å²) in [6.45, 7) is 18.4. The number of rotatable bonds is 14. The molecule has 2 N–H and O–H groups in total. The molecule has 0 aliphatic rings. The van der Waals surface area contributed by atoms with Crippen molar-refractivity contribution in [3.05, 3.63) is 70.8 Å². The van der Waals surface area contributed by atoms with Gasteiger partial charge in [0.1, 0.15) is 29.3 Å². The van der Waals surface area contributed by atoms with Gasteiger partial charge in [0, 0.05) is 13.0 Å². The molecule has 2 aromatic rings. The first kappa shape index (κ1) is 38.3. The van der Waals surface area contributed by atoms with Gasteiger partial charge in [-0.3, -0.25) is 9.59 Å². The molecule has 9 nitrogen and oxygen atoms in total. The SMILES string of the molecule is CCCCCCN(C(=O)C(C)NC(=O)OC(C)(C)C)C(C(=O)NC(Cc1ccccc1)C(=O)OC(C)(C)C)c1cccc(C)c1C. The van der Waals surface area contributed by atoms with Crippen molar-refractivity contribution < 1.29 is 28.7 Å². The largest absolute Gasteiger partial charge is 0.458 e. The third kappa shape index (κ3) is 12.5. The molecule has 3 unspecified atom stereocenters. The molecular formula is C37H55N3O6. The Balaban J connectivity index is 2.59. The van der Waals surface area contributed by atoms with Crippen LogP contribution in [0, 0.1) is 13.8 Å². The van der Waals surface area contributed by atoms with E-state index in [0.717, 1.165) is 36.0 Å². The van der Waals surface area contributed by atoms with E-state index in [-0.39, 0.29) is 13.0 Å². The Bertz CT molecular complexity index is 1310. The third-order valence-corrected chi connectivity index (χ3v) is 7.43. The van der Waals surface area contributed by atoms with E-state index in [4.69, 9.17) is 9.47 Å². The number of carbonyl (C=O) groups is 4. The summed E-state index contributed by atoms with van der Waals surface area (Å²) in [7, 11) is 0. The summed E-state index contributed by atoms with van der Waals surface area (Å²) in [5, 5.41) is 5.61. The number of esters is 1. The monoisotopic (exact) mass is 637 g/mol. The van der Waals surface area contributed by atoms with E-state index >= 15 is 0 Å². The maximum atomic E-state index is 14.5. The van der Waals surface area contributed by atoms with E-state index in [0.29, 0.717) is 12.0 Å². The molecular weight excluding hydrogens is 582 g/mol. The fraction of sp³-hybridized carbons (Fsp3) is 0.568. The summed E-state index contributed by atoms with van der Waals surface area (Å²) >= 11 is 0. The molecule has 0 aromatic heterocycles. The highest BCUT2D eigenvalue weighted by molar-refractivity contribution is 5.94. The molecule has 0 saturated heterocycles. The summed E-state index contributed by atoms with van der Waals surface area (Å²) in [5.41, 5.74) is 1.80. The van der Waals surface area contributed by atoms with Gasteiger partial charge in [-0.2, -0.15) is 0 Å². The van der Waals surface area contributed by atoms with Gasteiger partial charge in [0.15, 0.2) is 0 Å². The fourth-order valence-electron chi connectivity index (χ4n) is 5.06. The van der Waals surface area contributed by atoms with Crippen LogP contribution in [0.3, 0.4) is 0 Å². The third-order valence-electron chi connectivity index (χ3n) is 7.43. The maximum absolute atomic E-state index is 14.5. The van der Waals surface area contributed by atoms with Crippen molar-refractivity contribution in [2.75, 3.05) is 6.54 Å². The van der Waals surface area contributed by atoms with Gasteiger partial charge in [-0.25, -0.2) is 9.59 Å². The van der Waals surface area contributed by atoms with E-state index in [2.05, 4.69) is 17.6 Å². The number of alkyl carbamates (subject to hydrolysis) is 1. The standard InChI is InChI=1S/C37H55N3O6/c1-11-12-13-17-23-40(33(42)27(4)38-35(44)46-37(8,9)10)31(29-22-18-19-25(2)26(29)3)32(41)39-30(34(43)45-36(5,6)7)24-28-20-15-14-16-21-28/h14-16,18-22,27,30-31H,11-13,17,23-24H2,1-10H3,(H,38,44)(H,39,41). The summed E-state index contributed by atoms with van der Waals surface area (Å²) < 4.78 is 11.1. The van der Waals surface area contributed by atoms with Gasteiger partial charge in [0.2, 0.25) is 11.8 Å². The van der Waals surface area contributed by atoms with Crippen LogP contribution in [0.15, 0.2) is 48.5 Å². The van der Waals surface area contributed by atoms with Gasteiger partial charge in [0.25, 0.3) is 0 Å². The molecule has 2 rings (SSSR count). The lowest BCUT2D eigenvalue weighted by Gasteiger charge is -2.35. The summed E-state index contributed by atoms with van der Waals surface area (Å²) in [6, 6.07) is 12.0. The number of nitrogens with zero attached hydrogens (tertiary/aromatic N) is 1. The molecule has 254 valence electrons. The van der Waals surface area contributed by atoms with Crippen LogP contribution in [0.4, 0.5) is 4.79 Å². The predicted molar refractivity (Wildman–Crippen MR) is 181 cm³/mol. The Hall–Kier alpha value is -3.88. The van der Waals surface area contributed by atoms with E-state index in [1.165, 1.54) is 4.90 Å². The number of carbonyl (C=O) groups excluding carboxylic acids is 4. The highest BCUT2D eigenvalue weighted by Crippen LogP contribution is 2.28. The van der Waals surface area contributed by atoms with Gasteiger partial charge >= 0.3 is 12.1 Å². The number of nitrogens with one attached hydrogen (secondary N) is 2. The van der Waals surface area contributed by atoms with Crippen molar-refractivity contribution in [2.24, 2.45) is 0 Å². The number of ether oxygens (including phenoxy) is 2. The number of unbranched alkanes of at least 4 members (excludes halogenated alkanes) is 3. The van der Waals surface area contributed by atoms with Crippen LogP contribution in [0.1, 0.15) is 109 Å². The number of amides is 3. The zero-order valence-electron chi connectivity index (χ0n) is 29.5. The summed E-state index contributed by atoms with van der Waals surface area (Å²) in [5.74, 6) is -1.50. The Morgan fingerprint density at radius 3 is 2.02 bits per heavy atom. The van der Waals surface area contributed by atoms with Crippen LogP contribution >= 0.6 is 0 Å². The number of benzene rings is 2. The van der Waals surface area contributed by atoms with Crippen LogP contribution in [0.25, 0.3) is 0 Å². The van der Waals surface area contributed by atoms with Crippen LogP contribution in [0.2, 0.25) is 0 Å². The van der Waals surface area contributed by atoms with Crippen LogP contribution in [-0.2, 0) is 30.3 Å². The predicted octanol–water partition coefficient (Wildman–Crippen LogP) is 6.74. The van der Waals surface area contributed by atoms with E-state index in [1.54, 1.807) is 48.5 Å². The highest BCUT2D eigenvalue weighted by atomic mass is 16.6. The Kier molecular flexibility index (Phi) is 14.3. The molecule has 0 aliphatic heterocycles. The quantitative estimate of drug-likeness (QED) is 0.175. The highest BCUT2D eigenvalue weighted by Gasteiger charge is 2.38. The van der Waals surface area contributed by atoms with Crippen molar-refractivity contribution >= 4 is 23.9 Å². The molecule has 3 atom stereocenters. The van der Waals surface area contributed by atoms with Crippen LogP contribution < -0.4 is 10.6 Å². The van der Waals surface area contributed by atoms with Crippen molar-refractivity contribution in [1.29, 1.82) is 0 Å². The summed E-state index contributed by atoms with van der Waals surface area (Å²) in [4.78, 5) is 56.4. The van der Waals surface area contributed by atoms with Crippen LogP contribution in [0.5, 0.6) is 0 Å². The van der Waals surface area contributed by atoms with Crippen molar-refractivity contribution in [3.63, 3.8) is 0 Å². The minimum Gasteiger partial charge on any atom is -0.458 e. The zero-order chi connectivity index (χ0) is 34.7. The minimum atomic E-state index is -1.07. The van der Waals surface area contributed by atoms with Crippen molar-refractivity contribution in [1.82, 2.24) is 15.5 Å². The first-order valence-electron chi connectivity index (χ1n) is 16.4. The first-order valence-corrected chi connectivity index (χ1v) is 16.4. The average Bonchev–Trinajstić information content (AvgIpc) is 2.94. The molecule has 0 saturated carbocycles. The maximum Gasteiger partial charge on any atom is 0.408 e. The normalized spacial score (nSPS) is 13.6. The van der Waals surface area contributed by atoms with Gasteiger partial charge < -0.3 is 25.0 Å². The van der Waals surface area contributed by atoms with Crippen molar-refractivity contribution in [3.8, 4) is 0 Å². The van der Waals surface area contributed by atoms with E-state index in [9.17, 15) is 19.2 Å². The Morgan fingerprint density at radius 2 is 1.43 bits per heavy atom. The molecule has 0 bridgehead atoms. The number of hydrogen-bond acceptors (Lipinski definition) is 6. The van der Waals surface area contributed by atoms with Gasteiger partial charge in [-0.1, -0.05) is 74.7 Å². The van der Waals surface area contributed by atoms with Gasteiger partial charge in [-0.05, 0) is 91.0 Å². The van der Waals surface area contributed by atoms with Crippen LogP contribution in [-0.4, -0.2) is 58.6 Å². The smallest absolute Gasteiger partial charge is 0.408 e. The van der Waals surface area contributed by atoms with Crippen molar-refractivity contribution in [2.45, 2.75) is 131 Å². The Labute approximate surface area is 275 Å². The minimum absolute atomic E-state index is 0.210. The molecule has 2 aromatic carbocycles. The summed E-state index contributed by atoms with van der Waals surface area (Å²) in [6.07, 6.45) is 2.99. The molecule has 0 radical (unpaired) electrons. The second kappa shape index (κ2) is 17.2. The second-order valence-electron chi connectivity index (χ2n) is 13.9. The number of hydrogen-bond donors (Lipinski definition) is 2. The first-order chi connectivity index (χ1) is 21.4. The van der Waals surface area contributed by atoms with Gasteiger partial charge in [-0.15, -0.1) is 0 Å².